The molecule has 0 unspecified atom stereocenters. The predicted molar refractivity (Wildman–Crippen MR) is 101 cm³/mol. The van der Waals surface area contributed by atoms with Gasteiger partial charge in [-0.3, -0.25) is 9.36 Å². The molecule has 0 atom stereocenters. The number of nitrogens with one attached hydrogen (secondary N) is 1. The maximum Gasteiger partial charge on any atom is 0.230 e. The third-order valence-electron chi connectivity index (χ3n) is 3.61. The highest BCUT2D eigenvalue weighted by molar-refractivity contribution is 7.99. The van der Waals surface area contributed by atoms with Crippen molar-refractivity contribution in [3.05, 3.63) is 59.1 Å². The van der Waals surface area contributed by atoms with Crippen LogP contribution in [0.2, 0.25) is 5.02 Å². The van der Waals surface area contributed by atoms with E-state index >= 15 is 0 Å². The van der Waals surface area contributed by atoms with Gasteiger partial charge in [-0.25, -0.2) is 0 Å². The van der Waals surface area contributed by atoms with Crippen LogP contribution in [0.1, 0.15) is 5.56 Å². The number of hydrogen-bond acceptors (Lipinski definition) is 4. The van der Waals surface area contributed by atoms with Crippen molar-refractivity contribution in [2.45, 2.75) is 12.1 Å². The number of aryl methyl sites for hydroxylation is 1. The predicted octanol–water partition coefficient (Wildman–Crippen LogP) is 3.73. The molecule has 0 aliphatic carbocycles. The second kappa shape index (κ2) is 7.72. The average Bonchev–Trinajstić information content (AvgIpc) is 3.04. The third-order valence-corrected chi connectivity index (χ3v) is 4.79. The molecule has 0 fully saturated rings. The SMILES string of the molecule is CNC(=O)CSc1nnc(-c2cccc(C)c2)n1-c1ccc(Cl)cc1. The van der Waals surface area contributed by atoms with Crippen LogP contribution in [0.15, 0.2) is 53.7 Å². The Hall–Kier alpha value is -2.31. The highest BCUT2D eigenvalue weighted by atomic mass is 35.5. The molecule has 7 heteroatoms. The number of hydrogen-bond donors (Lipinski definition) is 1. The van der Waals surface area contributed by atoms with Crippen molar-refractivity contribution in [1.82, 2.24) is 20.1 Å². The lowest BCUT2D eigenvalue weighted by Gasteiger charge is -2.10. The Morgan fingerprint density at radius 1 is 1.20 bits per heavy atom. The summed E-state index contributed by atoms with van der Waals surface area (Å²) in [5.41, 5.74) is 3.00. The first kappa shape index (κ1) is 17.5. The van der Waals surface area contributed by atoms with E-state index in [0.29, 0.717) is 10.2 Å². The van der Waals surface area contributed by atoms with E-state index in [1.54, 1.807) is 7.05 Å². The molecule has 3 aromatic rings. The van der Waals surface area contributed by atoms with Gasteiger partial charge in [-0.05, 0) is 37.3 Å². The summed E-state index contributed by atoms with van der Waals surface area (Å²) in [5.74, 6) is 0.939. The highest BCUT2D eigenvalue weighted by Gasteiger charge is 2.17. The molecule has 2 aromatic carbocycles. The summed E-state index contributed by atoms with van der Waals surface area (Å²) in [6, 6.07) is 15.6. The minimum Gasteiger partial charge on any atom is -0.358 e. The molecule has 0 saturated heterocycles. The summed E-state index contributed by atoms with van der Waals surface area (Å²) in [4.78, 5) is 11.6. The Balaban J connectivity index is 2.07. The smallest absolute Gasteiger partial charge is 0.230 e. The normalized spacial score (nSPS) is 10.7. The van der Waals surface area contributed by atoms with Crippen molar-refractivity contribution >= 4 is 29.3 Å². The van der Waals surface area contributed by atoms with Gasteiger partial charge in [-0.1, -0.05) is 47.1 Å². The standard InChI is InChI=1S/C18H17ClN4OS/c1-12-4-3-5-13(10-12)17-21-22-18(25-11-16(24)20-2)23(17)15-8-6-14(19)7-9-15/h3-10H,11H2,1-2H3,(H,20,24). The fourth-order valence-corrected chi connectivity index (χ4v) is 3.31. The summed E-state index contributed by atoms with van der Waals surface area (Å²) < 4.78 is 1.94. The number of carbonyl (C=O) groups excluding carboxylic acids is 1. The van der Waals surface area contributed by atoms with E-state index in [1.165, 1.54) is 11.8 Å². The maximum absolute atomic E-state index is 11.6. The van der Waals surface area contributed by atoms with Crippen molar-refractivity contribution in [3.8, 4) is 17.1 Å². The van der Waals surface area contributed by atoms with Crippen LogP contribution in [-0.2, 0) is 4.79 Å². The Labute approximate surface area is 155 Å². The van der Waals surface area contributed by atoms with Crippen LogP contribution in [0.5, 0.6) is 0 Å². The van der Waals surface area contributed by atoms with Crippen molar-refractivity contribution < 1.29 is 4.79 Å². The van der Waals surface area contributed by atoms with Crippen LogP contribution in [0, 0.1) is 6.92 Å². The number of aromatic nitrogens is 3. The van der Waals surface area contributed by atoms with Crippen molar-refractivity contribution in [1.29, 1.82) is 0 Å². The molecular weight excluding hydrogens is 356 g/mol. The lowest BCUT2D eigenvalue weighted by molar-refractivity contribution is -0.118. The molecule has 0 bridgehead atoms. The third kappa shape index (κ3) is 4.03. The van der Waals surface area contributed by atoms with Crippen molar-refractivity contribution in [3.63, 3.8) is 0 Å². The summed E-state index contributed by atoms with van der Waals surface area (Å²) in [6.07, 6.45) is 0. The van der Waals surface area contributed by atoms with Crippen molar-refractivity contribution in [2.24, 2.45) is 0 Å². The molecule has 5 nitrogen and oxygen atoms in total. The van der Waals surface area contributed by atoms with Gasteiger partial charge in [0.05, 0.1) is 5.75 Å². The van der Waals surface area contributed by atoms with Crippen LogP contribution in [0.3, 0.4) is 0 Å². The zero-order valence-electron chi connectivity index (χ0n) is 13.9. The van der Waals surface area contributed by atoms with Gasteiger partial charge in [0.25, 0.3) is 0 Å². The van der Waals surface area contributed by atoms with Gasteiger partial charge in [0, 0.05) is 23.3 Å². The number of thioether (sulfide) groups is 1. The lowest BCUT2D eigenvalue weighted by atomic mass is 10.1. The summed E-state index contributed by atoms with van der Waals surface area (Å²) >= 11 is 7.36. The average molecular weight is 373 g/mol. The second-order valence-corrected chi connectivity index (χ2v) is 6.83. The van der Waals surface area contributed by atoms with Gasteiger partial charge >= 0.3 is 0 Å². The van der Waals surface area contributed by atoms with Crippen LogP contribution in [0.25, 0.3) is 17.1 Å². The quantitative estimate of drug-likeness (QED) is 0.693. The van der Waals surface area contributed by atoms with E-state index in [-0.39, 0.29) is 11.7 Å². The monoisotopic (exact) mass is 372 g/mol. The molecule has 0 aliphatic heterocycles. The number of nitrogens with zero attached hydrogens (tertiary/aromatic N) is 3. The van der Waals surface area contributed by atoms with Gasteiger partial charge in [0.1, 0.15) is 0 Å². The highest BCUT2D eigenvalue weighted by Crippen LogP contribution is 2.28. The Kier molecular flexibility index (Phi) is 5.40. The molecular formula is C18H17ClN4OS. The maximum atomic E-state index is 11.6. The Morgan fingerprint density at radius 2 is 1.96 bits per heavy atom. The fourth-order valence-electron chi connectivity index (χ4n) is 2.36. The molecule has 0 aliphatic rings. The van der Waals surface area contributed by atoms with Crippen LogP contribution < -0.4 is 5.32 Å². The summed E-state index contributed by atoms with van der Waals surface area (Å²) in [5, 5.41) is 12.6. The van der Waals surface area contributed by atoms with Gasteiger partial charge < -0.3 is 5.32 Å². The van der Waals surface area contributed by atoms with Crippen LogP contribution >= 0.6 is 23.4 Å². The number of benzene rings is 2. The van der Waals surface area contributed by atoms with Crippen LogP contribution in [0.4, 0.5) is 0 Å². The molecule has 0 radical (unpaired) electrons. The zero-order chi connectivity index (χ0) is 17.8. The molecule has 3 rings (SSSR count). The fraction of sp³-hybridized carbons (Fsp3) is 0.167. The summed E-state index contributed by atoms with van der Waals surface area (Å²) in [7, 11) is 1.62. The van der Waals surface area contributed by atoms with Gasteiger partial charge in [-0.2, -0.15) is 0 Å². The van der Waals surface area contributed by atoms with E-state index in [4.69, 9.17) is 11.6 Å². The number of amides is 1. The molecule has 0 spiro atoms. The number of carbonyl (C=O) groups is 1. The molecule has 25 heavy (non-hydrogen) atoms. The van der Waals surface area contributed by atoms with Gasteiger partial charge in [0.15, 0.2) is 11.0 Å². The molecule has 1 amide bonds. The van der Waals surface area contributed by atoms with E-state index in [9.17, 15) is 4.79 Å². The second-order valence-electron chi connectivity index (χ2n) is 5.45. The van der Waals surface area contributed by atoms with E-state index in [1.807, 2.05) is 54.0 Å². The van der Waals surface area contributed by atoms with E-state index in [2.05, 4.69) is 21.6 Å². The van der Waals surface area contributed by atoms with E-state index in [0.717, 1.165) is 22.6 Å². The minimum absolute atomic E-state index is 0.0623. The van der Waals surface area contributed by atoms with Crippen molar-refractivity contribution in [2.75, 3.05) is 12.8 Å². The van der Waals surface area contributed by atoms with E-state index < -0.39 is 0 Å². The van der Waals surface area contributed by atoms with Gasteiger partial charge in [-0.15, -0.1) is 10.2 Å². The molecule has 0 saturated carbocycles. The lowest BCUT2D eigenvalue weighted by Crippen LogP contribution is -2.20. The first-order valence-corrected chi connectivity index (χ1v) is 9.06. The largest absolute Gasteiger partial charge is 0.358 e. The molecule has 1 aromatic heterocycles. The first-order valence-electron chi connectivity index (χ1n) is 7.70. The molecule has 128 valence electrons. The number of halogens is 1. The minimum atomic E-state index is -0.0623. The summed E-state index contributed by atoms with van der Waals surface area (Å²) in [6.45, 7) is 2.04. The van der Waals surface area contributed by atoms with Gasteiger partial charge in [0.2, 0.25) is 5.91 Å². The topological polar surface area (TPSA) is 59.8 Å². The Bertz CT molecular complexity index is 892. The number of rotatable bonds is 5. The molecule has 1 heterocycles. The Morgan fingerprint density at radius 3 is 2.64 bits per heavy atom. The molecule has 1 N–H and O–H groups in total. The first-order chi connectivity index (χ1) is 12.1. The zero-order valence-corrected chi connectivity index (χ0v) is 15.4. The van der Waals surface area contributed by atoms with Crippen LogP contribution in [-0.4, -0.2) is 33.5 Å².